The molecule has 0 amide bonds. The summed E-state index contributed by atoms with van der Waals surface area (Å²) in [5.74, 6) is 0. The van der Waals surface area contributed by atoms with Crippen LogP contribution in [0.4, 0.5) is 0 Å². The third-order valence-electron chi connectivity index (χ3n) is 2.30. The van der Waals surface area contributed by atoms with E-state index in [1.165, 1.54) is 0 Å². The largest absolute Gasteiger partial charge is 0.324 e. The Morgan fingerprint density at radius 1 is 1.29 bits per heavy atom. The van der Waals surface area contributed by atoms with Crippen LogP contribution < -0.4 is 5.73 Å². The molecule has 0 fully saturated rings. The van der Waals surface area contributed by atoms with Crippen LogP contribution in [0.2, 0.25) is 0 Å². The zero-order valence-electron chi connectivity index (χ0n) is 9.43. The second-order valence-corrected chi connectivity index (χ2v) is 5.79. The van der Waals surface area contributed by atoms with Crippen molar-refractivity contribution in [3.05, 3.63) is 52.6 Å². The Bertz CT molecular complexity index is 514. The first-order valence-electron chi connectivity index (χ1n) is 5.30. The van der Waals surface area contributed by atoms with Gasteiger partial charge in [0.25, 0.3) is 0 Å². The number of hydrogen-bond acceptors (Lipinski definition) is 3. The highest BCUT2D eigenvalue weighted by molar-refractivity contribution is 9.10. The van der Waals surface area contributed by atoms with Crippen molar-refractivity contribution < 1.29 is 0 Å². The third kappa shape index (κ3) is 3.56. The van der Waals surface area contributed by atoms with Gasteiger partial charge in [0.1, 0.15) is 5.03 Å². The summed E-state index contributed by atoms with van der Waals surface area (Å²) in [7, 11) is 0. The molecule has 0 aliphatic rings. The van der Waals surface area contributed by atoms with Crippen LogP contribution in [0.25, 0.3) is 0 Å². The number of pyridine rings is 1. The number of rotatable bonds is 3. The smallest absolute Gasteiger partial charge is 0.101 e. The van der Waals surface area contributed by atoms with Gasteiger partial charge >= 0.3 is 0 Å². The van der Waals surface area contributed by atoms with Crippen LogP contribution in [0.3, 0.4) is 0 Å². The standard InChI is InChI=1S/C13H13BrN2S/c1-9(15)10-5-6-16-13(7-10)17-12-4-2-3-11(14)8-12/h2-9H,15H2,1H3/t9-/m1/s1. The highest BCUT2D eigenvalue weighted by Gasteiger charge is 2.03. The zero-order chi connectivity index (χ0) is 12.3. The van der Waals surface area contributed by atoms with E-state index in [1.807, 2.05) is 31.2 Å². The second kappa shape index (κ2) is 5.67. The number of nitrogens with two attached hydrogens (primary N) is 1. The highest BCUT2D eigenvalue weighted by atomic mass is 79.9. The van der Waals surface area contributed by atoms with Gasteiger partial charge in [-0.2, -0.15) is 0 Å². The molecule has 0 unspecified atom stereocenters. The van der Waals surface area contributed by atoms with E-state index in [9.17, 15) is 0 Å². The van der Waals surface area contributed by atoms with E-state index in [2.05, 4.69) is 33.0 Å². The van der Waals surface area contributed by atoms with E-state index in [1.54, 1.807) is 18.0 Å². The van der Waals surface area contributed by atoms with Crippen LogP contribution in [-0.4, -0.2) is 4.98 Å². The van der Waals surface area contributed by atoms with Crippen molar-refractivity contribution >= 4 is 27.7 Å². The lowest BCUT2D eigenvalue weighted by Gasteiger charge is -2.07. The van der Waals surface area contributed by atoms with Gasteiger partial charge in [0.15, 0.2) is 0 Å². The first-order valence-corrected chi connectivity index (χ1v) is 6.91. The molecular formula is C13H13BrN2S. The molecule has 1 atom stereocenters. The minimum Gasteiger partial charge on any atom is -0.324 e. The van der Waals surface area contributed by atoms with Gasteiger partial charge in [0.05, 0.1) is 0 Å². The highest BCUT2D eigenvalue weighted by Crippen LogP contribution is 2.29. The van der Waals surface area contributed by atoms with Gasteiger partial charge in [-0.1, -0.05) is 33.8 Å². The second-order valence-electron chi connectivity index (χ2n) is 3.78. The molecule has 0 saturated carbocycles. The Hall–Kier alpha value is -0.840. The van der Waals surface area contributed by atoms with Crippen LogP contribution >= 0.6 is 27.7 Å². The molecule has 2 nitrogen and oxygen atoms in total. The summed E-state index contributed by atoms with van der Waals surface area (Å²) in [6.07, 6.45) is 1.80. The molecule has 0 bridgehead atoms. The lowest BCUT2D eigenvalue weighted by molar-refractivity contribution is 0.808. The van der Waals surface area contributed by atoms with Crippen molar-refractivity contribution in [2.45, 2.75) is 22.9 Å². The molecular weight excluding hydrogens is 296 g/mol. The van der Waals surface area contributed by atoms with Crippen molar-refractivity contribution in [1.82, 2.24) is 4.98 Å². The van der Waals surface area contributed by atoms with E-state index >= 15 is 0 Å². The fourth-order valence-electron chi connectivity index (χ4n) is 1.42. The molecule has 2 rings (SSSR count). The van der Waals surface area contributed by atoms with Gasteiger partial charge in [-0.05, 0) is 42.8 Å². The number of aromatic nitrogens is 1. The van der Waals surface area contributed by atoms with E-state index in [0.717, 1.165) is 20.0 Å². The molecule has 2 aromatic rings. The van der Waals surface area contributed by atoms with Crippen molar-refractivity contribution in [2.75, 3.05) is 0 Å². The average Bonchev–Trinajstić information content (AvgIpc) is 2.29. The zero-order valence-corrected chi connectivity index (χ0v) is 11.8. The van der Waals surface area contributed by atoms with Crippen LogP contribution in [0.5, 0.6) is 0 Å². The molecule has 0 aliphatic carbocycles. The summed E-state index contributed by atoms with van der Waals surface area (Å²) in [5, 5.41) is 0.970. The summed E-state index contributed by atoms with van der Waals surface area (Å²) in [5.41, 5.74) is 6.96. The maximum atomic E-state index is 5.86. The van der Waals surface area contributed by atoms with E-state index in [-0.39, 0.29) is 6.04 Å². The van der Waals surface area contributed by atoms with E-state index in [0.29, 0.717) is 0 Å². The number of halogens is 1. The SMILES string of the molecule is C[C@@H](N)c1ccnc(Sc2cccc(Br)c2)c1. The molecule has 88 valence electrons. The van der Waals surface area contributed by atoms with Crippen LogP contribution in [0.1, 0.15) is 18.5 Å². The summed E-state index contributed by atoms with van der Waals surface area (Å²) < 4.78 is 1.07. The lowest BCUT2D eigenvalue weighted by Crippen LogP contribution is -2.04. The predicted molar refractivity (Wildman–Crippen MR) is 75.1 cm³/mol. The van der Waals surface area contributed by atoms with Crippen molar-refractivity contribution in [3.63, 3.8) is 0 Å². The lowest BCUT2D eigenvalue weighted by atomic mass is 10.1. The molecule has 17 heavy (non-hydrogen) atoms. The maximum Gasteiger partial charge on any atom is 0.101 e. The number of benzene rings is 1. The van der Waals surface area contributed by atoms with Gasteiger partial charge in [-0.15, -0.1) is 0 Å². The van der Waals surface area contributed by atoms with Gasteiger partial charge < -0.3 is 5.73 Å². The minimum atomic E-state index is 0.0415. The maximum absolute atomic E-state index is 5.86. The Morgan fingerprint density at radius 3 is 2.82 bits per heavy atom. The molecule has 0 saturated heterocycles. The fourth-order valence-corrected chi connectivity index (χ4v) is 2.85. The van der Waals surface area contributed by atoms with Crippen LogP contribution in [-0.2, 0) is 0 Å². The van der Waals surface area contributed by atoms with Gasteiger partial charge in [-0.25, -0.2) is 4.98 Å². The first-order chi connectivity index (χ1) is 8.15. The number of nitrogens with zero attached hydrogens (tertiary/aromatic N) is 1. The third-order valence-corrected chi connectivity index (χ3v) is 3.72. The molecule has 1 aromatic carbocycles. The molecule has 0 radical (unpaired) electrons. The Labute approximate surface area is 114 Å². The normalized spacial score (nSPS) is 12.4. The molecule has 4 heteroatoms. The first kappa shape index (κ1) is 12.6. The number of hydrogen-bond donors (Lipinski definition) is 1. The predicted octanol–water partition coefficient (Wildman–Crippen LogP) is 4.02. The summed E-state index contributed by atoms with van der Waals surface area (Å²) in [4.78, 5) is 5.50. The molecule has 1 aromatic heterocycles. The summed E-state index contributed by atoms with van der Waals surface area (Å²) in [6, 6.07) is 12.2. The van der Waals surface area contributed by atoms with Gasteiger partial charge in [0.2, 0.25) is 0 Å². The average molecular weight is 309 g/mol. The summed E-state index contributed by atoms with van der Waals surface area (Å²) >= 11 is 5.10. The summed E-state index contributed by atoms with van der Waals surface area (Å²) in [6.45, 7) is 1.98. The van der Waals surface area contributed by atoms with Gasteiger partial charge in [0, 0.05) is 21.6 Å². The monoisotopic (exact) mass is 308 g/mol. The fraction of sp³-hybridized carbons (Fsp3) is 0.154. The molecule has 0 spiro atoms. The van der Waals surface area contributed by atoms with Gasteiger partial charge in [-0.3, -0.25) is 0 Å². The van der Waals surface area contributed by atoms with Crippen molar-refractivity contribution in [2.24, 2.45) is 5.73 Å². The van der Waals surface area contributed by atoms with Crippen molar-refractivity contribution in [1.29, 1.82) is 0 Å². The Balaban J connectivity index is 2.21. The molecule has 2 N–H and O–H groups in total. The van der Waals surface area contributed by atoms with Crippen molar-refractivity contribution in [3.8, 4) is 0 Å². The quantitative estimate of drug-likeness (QED) is 0.931. The van der Waals surface area contributed by atoms with Crippen LogP contribution in [0, 0.1) is 0 Å². The molecule has 1 heterocycles. The Morgan fingerprint density at radius 2 is 2.12 bits per heavy atom. The van der Waals surface area contributed by atoms with E-state index in [4.69, 9.17) is 5.73 Å². The molecule has 0 aliphatic heterocycles. The Kier molecular flexibility index (Phi) is 4.20. The minimum absolute atomic E-state index is 0.0415. The van der Waals surface area contributed by atoms with E-state index < -0.39 is 0 Å². The van der Waals surface area contributed by atoms with Crippen LogP contribution in [0.15, 0.2) is 57.0 Å². The topological polar surface area (TPSA) is 38.9 Å².